The Labute approximate surface area is 150 Å². The number of aromatic nitrogens is 2. The van der Waals surface area contributed by atoms with Crippen LogP contribution in [0.3, 0.4) is 0 Å². The first-order valence-electron chi connectivity index (χ1n) is 8.07. The Morgan fingerprint density at radius 3 is 2.23 bits per heavy atom. The summed E-state index contributed by atoms with van der Waals surface area (Å²) in [5.41, 5.74) is 2.06. The minimum absolute atomic E-state index is 0.0244. The molecule has 0 saturated heterocycles. The van der Waals surface area contributed by atoms with Crippen LogP contribution in [0.15, 0.2) is 83.8 Å². The van der Waals surface area contributed by atoms with E-state index in [9.17, 15) is 12.8 Å². The zero-order chi connectivity index (χ0) is 18.1. The average molecular weight is 366 g/mol. The maximum absolute atomic E-state index is 13.2. The Kier molecular flexibility index (Phi) is 4.05. The maximum Gasteiger partial charge on any atom is 0.269 e. The number of fused-ring (bicyclic) bond motifs is 1. The van der Waals surface area contributed by atoms with Crippen LogP contribution in [-0.2, 0) is 16.4 Å². The molecule has 0 aliphatic carbocycles. The second-order valence-corrected chi connectivity index (χ2v) is 7.69. The zero-order valence-corrected chi connectivity index (χ0v) is 14.5. The molecule has 6 heteroatoms. The molecule has 3 aromatic carbocycles. The molecule has 0 aliphatic rings. The molecule has 0 bridgehead atoms. The van der Waals surface area contributed by atoms with Crippen molar-refractivity contribution in [3.8, 4) is 0 Å². The largest absolute Gasteiger partial charge is 0.269 e. The van der Waals surface area contributed by atoms with Gasteiger partial charge >= 0.3 is 0 Å². The highest BCUT2D eigenvalue weighted by Gasteiger charge is 2.24. The van der Waals surface area contributed by atoms with Crippen LogP contribution in [0, 0.1) is 5.82 Å². The van der Waals surface area contributed by atoms with E-state index in [4.69, 9.17) is 0 Å². The third kappa shape index (κ3) is 2.88. The van der Waals surface area contributed by atoms with Crippen molar-refractivity contribution in [3.05, 3.63) is 96.1 Å². The van der Waals surface area contributed by atoms with E-state index >= 15 is 0 Å². The van der Waals surface area contributed by atoms with Gasteiger partial charge in [-0.05, 0) is 42.0 Å². The summed E-state index contributed by atoms with van der Waals surface area (Å²) in [5.74, 6) is -0.0642. The van der Waals surface area contributed by atoms with Gasteiger partial charge in [0.15, 0.2) is 0 Å². The highest BCUT2D eigenvalue weighted by atomic mass is 32.2. The minimum Gasteiger partial charge on any atom is -0.232 e. The number of rotatable bonds is 4. The van der Waals surface area contributed by atoms with Gasteiger partial charge in [0.25, 0.3) is 10.0 Å². The lowest BCUT2D eigenvalue weighted by Crippen LogP contribution is -2.16. The average Bonchev–Trinajstić information content (AvgIpc) is 3.01. The number of imidazole rings is 1. The number of hydrogen-bond acceptors (Lipinski definition) is 3. The smallest absolute Gasteiger partial charge is 0.232 e. The number of benzene rings is 3. The molecule has 1 heterocycles. The molecule has 0 aliphatic heterocycles. The fourth-order valence-electron chi connectivity index (χ4n) is 2.92. The molecule has 0 atom stereocenters. The predicted molar refractivity (Wildman–Crippen MR) is 98.0 cm³/mol. The maximum atomic E-state index is 13.2. The van der Waals surface area contributed by atoms with Crippen LogP contribution < -0.4 is 0 Å². The lowest BCUT2D eigenvalue weighted by Gasteiger charge is -2.11. The quantitative estimate of drug-likeness (QED) is 0.548. The van der Waals surface area contributed by atoms with E-state index in [1.165, 1.54) is 16.1 Å². The zero-order valence-electron chi connectivity index (χ0n) is 13.7. The van der Waals surface area contributed by atoms with E-state index in [1.807, 2.05) is 36.4 Å². The van der Waals surface area contributed by atoms with E-state index in [-0.39, 0.29) is 4.90 Å². The number of nitrogens with zero attached hydrogens (tertiary/aromatic N) is 2. The Bertz CT molecular complexity index is 1170. The Hall–Kier alpha value is -2.99. The molecule has 4 rings (SSSR count). The fraction of sp³-hybridized carbons (Fsp3) is 0.0500. The summed E-state index contributed by atoms with van der Waals surface area (Å²) in [6.45, 7) is 0. The first kappa shape index (κ1) is 16.5. The summed E-state index contributed by atoms with van der Waals surface area (Å²) >= 11 is 0. The Balaban J connectivity index is 1.92. The van der Waals surface area contributed by atoms with Crippen molar-refractivity contribution >= 4 is 21.1 Å². The highest BCUT2D eigenvalue weighted by molar-refractivity contribution is 7.90. The molecule has 0 spiro atoms. The summed E-state index contributed by atoms with van der Waals surface area (Å²) in [6.07, 6.45) is 0.371. The van der Waals surface area contributed by atoms with Gasteiger partial charge in [-0.3, -0.25) is 0 Å². The van der Waals surface area contributed by atoms with Crippen LogP contribution in [0.1, 0.15) is 11.4 Å². The molecule has 130 valence electrons. The molecule has 4 nitrogen and oxygen atoms in total. The number of para-hydroxylation sites is 2. The molecule has 4 aromatic rings. The van der Waals surface area contributed by atoms with Gasteiger partial charge in [0.1, 0.15) is 11.6 Å². The van der Waals surface area contributed by atoms with Crippen LogP contribution in [0.4, 0.5) is 4.39 Å². The molecule has 0 fully saturated rings. The highest BCUT2D eigenvalue weighted by Crippen LogP contribution is 2.25. The molecule has 0 saturated carbocycles. The van der Waals surface area contributed by atoms with Crippen molar-refractivity contribution in [1.82, 2.24) is 8.96 Å². The van der Waals surface area contributed by atoms with Crippen molar-refractivity contribution in [2.24, 2.45) is 0 Å². The minimum atomic E-state index is -3.90. The molecular weight excluding hydrogens is 351 g/mol. The van der Waals surface area contributed by atoms with Crippen LogP contribution in [0.25, 0.3) is 11.0 Å². The van der Waals surface area contributed by atoms with E-state index in [1.54, 1.807) is 18.2 Å². The monoisotopic (exact) mass is 366 g/mol. The molecule has 0 N–H and O–H groups in total. The van der Waals surface area contributed by atoms with Gasteiger partial charge in [0.05, 0.1) is 15.9 Å². The number of hydrogen-bond donors (Lipinski definition) is 0. The van der Waals surface area contributed by atoms with Crippen molar-refractivity contribution in [1.29, 1.82) is 0 Å². The van der Waals surface area contributed by atoms with E-state index < -0.39 is 15.8 Å². The topological polar surface area (TPSA) is 52.0 Å². The third-order valence-corrected chi connectivity index (χ3v) is 5.90. The van der Waals surface area contributed by atoms with Gasteiger partial charge in [-0.15, -0.1) is 0 Å². The molecule has 0 amide bonds. The van der Waals surface area contributed by atoms with Crippen molar-refractivity contribution in [2.75, 3.05) is 0 Å². The summed E-state index contributed by atoms with van der Waals surface area (Å²) < 4.78 is 40.9. The fourth-order valence-corrected chi connectivity index (χ4v) is 4.41. The number of halogens is 1. The van der Waals surface area contributed by atoms with E-state index in [0.29, 0.717) is 23.3 Å². The van der Waals surface area contributed by atoms with Crippen molar-refractivity contribution in [2.45, 2.75) is 11.3 Å². The van der Waals surface area contributed by atoms with Gasteiger partial charge in [-0.1, -0.05) is 42.5 Å². The van der Waals surface area contributed by atoms with E-state index in [0.717, 1.165) is 17.7 Å². The van der Waals surface area contributed by atoms with Gasteiger partial charge < -0.3 is 0 Å². The van der Waals surface area contributed by atoms with E-state index in [2.05, 4.69) is 4.98 Å². The third-order valence-electron chi connectivity index (χ3n) is 4.14. The lowest BCUT2D eigenvalue weighted by molar-refractivity contribution is 0.585. The van der Waals surface area contributed by atoms with Crippen LogP contribution in [0.5, 0.6) is 0 Å². The first-order chi connectivity index (χ1) is 12.6. The van der Waals surface area contributed by atoms with Crippen LogP contribution in [0.2, 0.25) is 0 Å². The SMILES string of the molecule is O=S(=O)(c1ccc(F)cc1)n1c(Cc2ccccc2)nc2ccccc21. The molecule has 0 radical (unpaired) electrons. The molecular formula is C20H15FN2O2S. The standard InChI is InChI=1S/C20H15FN2O2S/c21-16-10-12-17(13-11-16)26(24,25)23-19-9-5-4-8-18(19)22-20(23)14-15-6-2-1-3-7-15/h1-13H,14H2. The molecule has 26 heavy (non-hydrogen) atoms. The van der Waals surface area contributed by atoms with Gasteiger partial charge in [0.2, 0.25) is 0 Å². The Morgan fingerprint density at radius 2 is 1.50 bits per heavy atom. The molecule has 1 aromatic heterocycles. The van der Waals surface area contributed by atoms with Crippen molar-refractivity contribution < 1.29 is 12.8 Å². The van der Waals surface area contributed by atoms with Crippen LogP contribution >= 0.6 is 0 Å². The van der Waals surface area contributed by atoms with Gasteiger partial charge in [0, 0.05) is 6.42 Å². The lowest BCUT2D eigenvalue weighted by atomic mass is 10.1. The summed E-state index contributed by atoms with van der Waals surface area (Å²) in [5, 5.41) is 0. The predicted octanol–water partition coefficient (Wildman–Crippen LogP) is 4.00. The van der Waals surface area contributed by atoms with Gasteiger partial charge in [-0.2, -0.15) is 0 Å². The molecule has 0 unspecified atom stereocenters. The second-order valence-electron chi connectivity index (χ2n) is 5.90. The second kappa shape index (κ2) is 6.38. The summed E-state index contributed by atoms with van der Waals surface area (Å²) in [6, 6.07) is 21.5. The Morgan fingerprint density at radius 1 is 0.846 bits per heavy atom. The van der Waals surface area contributed by atoms with Crippen molar-refractivity contribution in [3.63, 3.8) is 0 Å². The first-order valence-corrected chi connectivity index (χ1v) is 9.51. The summed E-state index contributed by atoms with van der Waals surface area (Å²) in [4.78, 5) is 4.55. The van der Waals surface area contributed by atoms with Gasteiger partial charge in [-0.25, -0.2) is 21.8 Å². The normalized spacial score (nSPS) is 11.7. The summed E-state index contributed by atoms with van der Waals surface area (Å²) in [7, 11) is -3.90. The van der Waals surface area contributed by atoms with Crippen LogP contribution in [-0.4, -0.2) is 17.4 Å².